The Labute approximate surface area is 125 Å². The van der Waals surface area contributed by atoms with Gasteiger partial charge in [0.25, 0.3) is 0 Å². The van der Waals surface area contributed by atoms with Gasteiger partial charge >= 0.3 is 12.0 Å². The highest BCUT2D eigenvalue weighted by Gasteiger charge is 2.24. The summed E-state index contributed by atoms with van der Waals surface area (Å²) in [5, 5.41) is 11.7. The van der Waals surface area contributed by atoms with Gasteiger partial charge in [0, 0.05) is 39.3 Å². The molecule has 0 radical (unpaired) electrons. The highest BCUT2D eigenvalue weighted by Crippen LogP contribution is 2.21. The van der Waals surface area contributed by atoms with Gasteiger partial charge in [-0.15, -0.1) is 0 Å². The Bertz CT molecular complexity index is 356. The summed E-state index contributed by atoms with van der Waals surface area (Å²) >= 11 is 0. The van der Waals surface area contributed by atoms with Crippen LogP contribution in [0.4, 0.5) is 4.79 Å². The molecule has 2 aliphatic rings. The molecule has 6 heteroatoms. The molecule has 21 heavy (non-hydrogen) atoms. The maximum Gasteiger partial charge on any atom is 0.317 e. The number of ether oxygens (including phenoxy) is 1. The lowest BCUT2D eigenvalue weighted by Crippen LogP contribution is -2.46. The standard InChI is InChI=1S/C15H26N2O4/c18-14(19)4-3-12-2-1-8-17(10-12)15(20)16-7-5-13-6-9-21-11-13/h12-13H,1-11H2,(H,16,20)(H,18,19). The molecule has 2 aliphatic heterocycles. The van der Waals surface area contributed by atoms with Crippen molar-refractivity contribution in [3.63, 3.8) is 0 Å². The van der Waals surface area contributed by atoms with Gasteiger partial charge in [-0.3, -0.25) is 4.79 Å². The van der Waals surface area contributed by atoms with Gasteiger partial charge in [0.2, 0.25) is 0 Å². The van der Waals surface area contributed by atoms with Gasteiger partial charge < -0.3 is 20.1 Å². The van der Waals surface area contributed by atoms with Crippen LogP contribution in [0.2, 0.25) is 0 Å². The zero-order valence-electron chi connectivity index (χ0n) is 12.6. The molecule has 0 aliphatic carbocycles. The fraction of sp³-hybridized carbons (Fsp3) is 0.867. The number of urea groups is 1. The van der Waals surface area contributed by atoms with Crippen LogP contribution in [-0.4, -0.2) is 54.9 Å². The van der Waals surface area contributed by atoms with Crippen LogP contribution < -0.4 is 5.32 Å². The zero-order valence-corrected chi connectivity index (χ0v) is 12.6. The summed E-state index contributed by atoms with van der Waals surface area (Å²) in [5.41, 5.74) is 0. The van der Waals surface area contributed by atoms with Crippen molar-refractivity contribution < 1.29 is 19.4 Å². The zero-order chi connectivity index (χ0) is 15.1. The maximum absolute atomic E-state index is 12.1. The molecule has 2 fully saturated rings. The van der Waals surface area contributed by atoms with Gasteiger partial charge in [0.15, 0.2) is 0 Å². The summed E-state index contributed by atoms with van der Waals surface area (Å²) in [7, 11) is 0. The summed E-state index contributed by atoms with van der Waals surface area (Å²) in [6.45, 7) is 3.82. The first-order chi connectivity index (χ1) is 10.1. The summed E-state index contributed by atoms with van der Waals surface area (Å²) < 4.78 is 5.32. The number of hydrogen-bond acceptors (Lipinski definition) is 3. The minimum Gasteiger partial charge on any atom is -0.481 e. The first kappa shape index (κ1) is 16.1. The second-order valence-corrected chi connectivity index (χ2v) is 6.14. The van der Waals surface area contributed by atoms with E-state index in [2.05, 4.69) is 5.32 Å². The van der Waals surface area contributed by atoms with Crippen molar-refractivity contribution in [2.24, 2.45) is 11.8 Å². The van der Waals surface area contributed by atoms with Crippen LogP contribution in [0.15, 0.2) is 0 Å². The summed E-state index contributed by atoms with van der Waals surface area (Å²) in [6, 6.07) is -0.00561. The van der Waals surface area contributed by atoms with Crippen LogP contribution in [0.1, 0.15) is 38.5 Å². The molecule has 0 aromatic carbocycles. The smallest absolute Gasteiger partial charge is 0.317 e. The van der Waals surface area contributed by atoms with Crippen LogP contribution in [0, 0.1) is 11.8 Å². The number of amides is 2. The largest absolute Gasteiger partial charge is 0.481 e. The normalized spacial score (nSPS) is 25.8. The molecule has 2 N–H and O–H groups in total. The molecule has 0 aromatic rings. The lowest BCUT2D eigenvalue weighted by molar-refractivity contribution is -0.137. The Hall–Kier alpha value is -1.30. The molecule has 2 amide bonds. The molecular weight excluding hydrogens is 272 g/mol. The Balaban J connectivity index is 1.64. The van der Waals surface area contributed by atoms with Crippen LogP contribution in [0.3, 0.4) is 0 Å². The molecule has 0 saturated carbocycles. The first-order valence-electron chi connectivity index (χ1n) is 7.97. The topological polar surface area (TPSA) is 78.9 Å². The number of carboxylic acid groups (broad SMARTS) is 1. The molecule has 6 nitrogen and oxygen atoms in total. The number of nitrogens with one attached hydrogen (secondary N) is 1. The minimum absolute atomic E-state index is 0.00561. The van der Waals surface area contributed by atoms with E-state index in [4.69, 9.17) is 9.84 Å². The van der Waals surface area contributed by atoms with Crippen LogP contribution in [-0.2, 0) is 9.53 Å². The molecule has 2 atom stereocenters. The number of piperidine rings is 1. The number of rotatable bonds is 6. The number of aliphatic carboxylic acids is 1. The van der Waals surface area contributed by atoms with Crippen molar-refractivity contribution in [2.75, 3.05) is 32.8 Å². The third kappa shape index (κ3) is 5.53. The monoisotopic (exact) mass is 298 g/mol. The average Bonchev–Trinajstić information content (AvgIpc) is 2.98. The summed E-state index contributed by atoms with van der Waals surface area (Å²) in [6.07, 6.45) is 4.92. The van der Waals surface area contributed by atoms with Gasteiger partial charge in [-0.2, -0.15) is 0 Å². The lowest BCUT2D eigenvalue weighted by Gasteiger charge is -2.32. The predicted molar refractivity (Wildman–Crippen MR) is 78.1 cm³/mol. The van der Waals surface area contributed by atoms with Crippen molar-refractivity contribution in [3.05, 3.63) is 0 Å². The van der Waals surface area contributed by atoms with E-state index < -0.39 is 5.97 Å². The molecule has 120 valence electrons. The Kier molecular flexibility index (Phi) is 6.29. The van der Waals surface area contributed by atoms with Crippen LogP contribution in [0.5, 0.6) is 0 Å². The lowest BCUT2D eigenvalue weighted by atomic mass is 9.93. The van der Waals surface area contributed by atoms with Crippen molar-refractivity contribution >= 4 is 12.0 Å². The van der Waals surface area contributed by atoms with E-state index in [0.29, 0.717) is 31.3 Å². The molecule has 2 saturated heterocycles. The van der Waals surface area contributed by atoms with Gasteiger partial charge in [-0.05, 0) is 43.9 Å². The Morgan fingerprint density at radius 3 is 2.81 bits per heavy atom. The average molecular weight is 298 g/mol. The van der Waals surface area contributed by atoms with E-state index in [1.165, 1.54) is 0 Å². The SMILES string of the molecule is O=C(O)CCC1CCCN(C(=O)NCCC2CCOC2)C1. The number of carboxylic acids is 1. The fourth-order valence-corrected chi connectivity index (χ4v) is 3.12. The maximum atomic E-state index is 12.1. The molecule has 2 rings (SSSR count). The van der Waals surface area contributed by atoms with E-state index in [1.807, 2.05) is 4.90 Å². The Morgan fingerprint density at radius 2 is 2.10 bits per heavy atom. The van der Waals surface area contributed by atoms with Gasteiger partial charge in [-0.25, -0.2) is 4.79 Å². The first-order valence-corrected chi connectivity index (χ1v) is 7.97. The van der Waals surface area contributed by atoms with E-state index in [9.17, 15) is 9.59 Å². The highest BCUT2D eigenvalue weighted by molar-refractivity contribution is 5.74. The molecule has 2 heterocycles. The Morgan fingerprint density at radius 1 is 1.24 bits per heavy atom. The second kappa shape index (κ2) is 8.22. The van der Waals surface area contributed by atoms with E-state index in [1.54, 1.807) is 0 Å². The third-order valence-electron chi connectivity index (χ3n) is 4.43. The quantitative estimate of drug-likeness (QED) is 0.782. The second-order valence-electron chi connectivity index (χ2n) is 6.14. The van der Waals surface area contributed by atoms with Gasteiger partial charge in [0.1, 0.15) is 0 Å². The van der Waals surface area contributed by atoms with Gasteiger partial charge in [-0.1, -0.05) is 0 Å². The van der Waals surface area contributed by atoms with Gasteiger partial charge in [0.05, 0.1) is 0 Å². The van der Waals surface area contributed by atoms with E-state index in [-0.39, 0.29) is 12.5 Å². The van der Waals surface area contributed by atoms with E-state index >= 15 is 0 Å². The number of hydrogen-bond donors (Lipinski definition) is 2. The predicted octanol–water partition coefficient (Wildman–Crippen LogP) is 1.70. The molecular formula is C15H26N2O4. The number of carbonyl (C=O) groups is 2. The minimum atomic E-state index is -0.754. The molecule has 2 unspecified atom stereocenters. The van der Waals surface area contributed by atoms with Crippen LogP contribution in [0.25, 0.3) is 0 Å². The molecule has 0 aromatic heterocycles. The van der Waals surface area contributed by atoms with Crippen molar-refractivity contribution in [1.29, 1.82) is 0 Å². The van der Waals surface area contributed by atoms with Crippen LogP contribution >= 0.6 is 0 Å². The molecule has 0 spiro atoms. The fourth-order valence-electron chi connectivity index (χ4n) is 3.12. The third-order valence-corrected chi connectivity index (χ3v) is 4.43. The van der Waals surface area contributed by atoms with E-state index in [0.717, 1.165) is 45.4 Å². The van der Waals surface area contributed by atoms with Crippen molar-refractivity contribution in [1.82, 2.24) is 10.2 Å². The van der Waals surface area contributed by atoms with Crippen molar-refractivity contribution in [3.8, 4) is 0 Å². The van der Waals surface area contributed by atoms with Crippen molar-refractivity contribution in [2.45, 2.75) is 38.5 Å². The number of carbonyl (C=O) groups excluding carboxylic acids is 1. The number of nitrogens with zero attached hydrogens (tertiary/aromatic N) is 1. The summed E-state index contributed by atoms with van der Waals surface area (Å²) in [5.74, 6) is 0.147. The highest BCUT2D eigenvalue weighted by atomic mass is 16.5. The molecule has 0 bridgehead atoms. The number of likely N-dealkylation sites (tertiary alicyclic amines) is 1. The summed E-state index contributed by atoms with van der Waals surface area (Å²) in [4.78, 5) is 24.6.